The zero-order valence-electron chi connectivity index (χ0n) is 8.07. The standard InChI is InChI=1S/C10H11ClOS3/c11-7-1-2-14-9(7)5-8(12)10-6-13-3-4-15-10/h1-2,10H,3-6H2. The highest BCUT2D eigenvalue weighted by Crippen LogP contribution is 2.28. The zero-order valence-corrected chi connectivity index (χ0v) is 11.3. The number of Topliss-reactive ketones (excluding diaryl/α,β-unsaturated/α-hetero) is 1. The van der Waals surface area contributed by atoms with Gasteiger partial charge in [-0.2, -0.15) is 11.8 Å². The summed E-state index contributed by atoms with van der Waals surface area (Å²) in [5, 5.41) is 2.86. The van der Waals surface area contributed by atoms with Gasteiger partial charge in [-0.05, 0) is 11.4 Å². The summed E-state index contributed by atoms with van der Waals surface area (Å²) in [5.41, 5.74) is 0. The maximum absolute atomic E-state index is 11.9. The predicted octanol–water partition coefficient (Wildman–Crippen LogP) is 3.36. The average Bonchev–Trinajstić information content (AvgIpc) is 2.66. The van der Waals surface area contributed by atoms with Crippen molar-refractivity contribution in [3.05, 3.63) is 21.3 Å². The van der Waals surface area contributed by atoms with Gasteiger partial charge in [-0.1, -0.05) is 11.6 Å². The third kappa shape index (κ3) is 3.16. The Morgan fingerprint density at radius 3 is 3.00 bits per heavy atom. The fourth-order valence-electron chi connectivity index (χ4n) is 1.40. The molecule has 1 aliphatic heterocycles. The smallest absolute Gasteiger partial charge is 0.151 e. The first kappa shape index (κ1) is 11.8. The molecular weight excluding hydrogens is 268 g/mol. The van der Waals surface area contributed by atoms with Crippen LogP contribution in [-0.4, -0.2) is 28.3 Å². The molecule has 0 radical (unpaired) electrons. The monoisotopic (exact) mass is 278 g/mol. The minimum atomic E-state index is 0.182. The van der Waals surface area contributed by atoms with Gasteiger partial charge in [0.15, 0.2) is 5.78 Å². The molecule has 1 aromatic rings. The predicted molar refractivity (Wildman–Crippen MR) is 71.6 cm³/mol. The van der Waals surface area contributed by atoms with Crippen LogP contribution < -0.4 is 0 Å². The molecule has 0 aromatic carbocycles. The van der Waals surface area contributed by atoms with Crippen LogP contribution >= 0.6 is 46.5 Å². The summed E-state index contributed by atoms with van der Waals surface area (Å²) >= 11 is 11.2. The van der Waals surface area contributed by atoms with E-state index in [2.05, 4.69) is 0 Å². The van der Waals surface area contributed by atoms with Gasteiger partial charge in [-0.3, -0.25) is 4.79 Å². The Morgan fingerprint density at radius 1 is 1.53 bits per heavy atom. The molecule has 1 aromatic heterocycles. The number of halogens is 1. The fraction of sp³-hybridized carbons (Fsp3) is 0.500. The summed E-state index contributed by atoms with van der Waals surface area (Å²) in [5.74, 6) is 3.57. The maximum Gasteiger partial charge on any atom is 0.151 e. The fourth-order valence-corrected chi connectivity index (χ4v) is 5.16. The van der Waals surface area contributed by atoms with Crippen molar-refractivity contribution in [1.82, 2.24) is 0 Å². The molecule has 0 saturated carbocycles. The number of carbonyl (C=O) groups is 1. The van der Waals surface area contributed by atoms with E-state index < -0.39 is 0 Å². The number of hydrogen-bond donors (Lipinski definition) is 0. The normalized spacial score (nSPS) is 21.5. The van der Waals surface area contributed by atoms with Crippen LogP contribution in [0.3, 0.4) is 0 Å². The van der Waals surface area contributed by atoms with Crippen LogP contribution in [0.15, 0.2) is 11.4 Å². The molecule has 0 spiro atoms. The molecule has 2 heterocycles. The molecule has 15 heavy (non-hydrogen) atoms. The van der Waals surface area contributed by atoms with Gasteiger partial charge >= 0.3 is 0 Å². The molecular formula is C10H11ClOS3. The molecule has 1 atom stereocenters. The lowest BCUT2D eigenvalue weighted by Crippen LogP contribution is -2.25. The van der Waals surface area contributed by atoms with Gasteiger partial charge in [0.25, 0.3) is 0 Å². The second-order valence-electron chi connectivity index (χ2n) is 3.27. The van der Waals surface area contributed by atoms with Gasteiger partial charge in [0.2, 0.25) is 0 Å². The lowest BCUT2D eigenvalue weighted by Gasteiger charge is -2.19. The van der Waals surface area contributed by atoms with E-state index in [1.54, 1.807) is 23.1 Å². The first-order chi connectivity index (χ1) is 7.27. The highest BCUT2D eigenvalue weighted by Gasteiger charge is 2.22. The van der Waals surface area contributed by atoms with E-state index >= 15 is 0 Å². The largest absolute Gasteiger partial charge is 0.298 e. The van der Waals surface area contributed by atoms with E-state index in [0.717, 1.165) is 21.4 Å². The Hall–Kier alpha value is 0.360. The molecule has 82 valence electrons. The number of ketones is 1. The van der Waals surface area contributed by atoms with E-state index in [0.29, 0.717) is 12.2 Å². The van der Waals surface area contributed by atoms with Crippen LogP contribution in [0, 0.1) is 0 Å². The van der Waals surface area contributed by atoms with E-state index in [1.807, 2.05) is 23.2 Å². The Kier molecular flexibility index (Phi) is 4.43. The Bertz CT molecular complexity index is 344. The summed E-state index contributed by atoms with van der Waals surface area (Å²) in [6, 6.07) is 1.86. The van der Waals surface area contributed by atoms with Crippen LogP contribution in [0.4, 0.5) is 0 Å². The summed E-state index contributed by atoms with van der Waals surface area (Å²) in [7, 11) is 0. The molecule has 1 saturated heterocycles. The molecule has 0 amide bonds. The number of thioether (sulfide) groups is 2. The van der Waals surface area contributed by atoms with Crippen molar-refractivity contribution in [2.24, 2.45) is 0 Å². The third-order valence-corrected chi connectivity index (χ3v) is 6.39. The first-order valence-electron chi connectivity index (χ1n) is 4.71. The van der Waals surface area contributed by atoms with Gasteiger partial charge in [0.1, 0.15) is 0 Å². The lowest BCUT2D eigenvalue weighted by atomic mass is 10.2. The molecule has 0 aliphatic carbocycles. The second-order valence-corrected chi connectivity index (χ2v) is 7.14. The quantitative estimate of drug-likeness (QED) is 0.844. The third-order valence-electron chi connectivity index (χ3n) is 2.20. The Balaban J connectivity index is 1.94. The van der Waals surface area contributed by atoms with Gasteiger partial charge in [0, 0.05) is 28.6 Å². The SMILES string of the molecule is O=C(Cc1sccc1Cl)C1CSCCS1. The van der Waals surface area contributed by atoms with Gasteiger partial charge in [-0.25, -0.2) is 0 Å². The molecule has 2 rings (SSSR count). The molecule has 0 bridgehead atoms. The van der Waals surface area contributed by atoms with Crippen molar-refractivity contribution in [2.75, 3.05) is 17.3 Å². The molecule has 0 N–H and O–H groups in total. The topological polar surface area (TPSA) is 17.1 Å². The molecule has 1 aliphatic rings. The number of hydrogen-bond acceptors (Lipinski definition) is 4. The van der Waals surface area contributed by atoms with Gasteiger partial charge in [-0.15, -0.1) is 23.1 Å². The van der Waals surface area contributed by atoms with Crippen molar-refractivity contribution >= 4 is 52.2 Å². The summed E-state index contributed by atoms with van der Waals surface area (Å²) in [6.07, 6.45) is 0.509. The number of rotatable bonds is 3. The van der Waals surface area contributed by atoms with E-state index in [9.17, 15) is 4.79 Å². The molecule has 5 heteroatoms. The number of thiophene rings is 1. The van der Waals surface area contributed by atoms with Crippen LogP contribution in [0.5, 0.6) is 0 Å². The van der Waals surface area contributed by atoms with Gasteiger partial charge in [0.05, 0.1) is 10.3 Å². The molecule has 1 nitrogen and oxygen atoms in total. The summed E-state index contributed by atoms with van der Waals surface area (Å²) in [6.45, 7) is 0. The van der Waals surface area contributed by atoms with Gasteiger partial charge < -0.3 is 0 Å². The summed E-state index contributed by atoms with van der Waals surface area (Å²) < 4.78 is 0. The van der Waals surface area contributed by atoms with Crippen molar-refractivity contribution in [3.8, 4) is 0 Å². The van der Waals surface area contributed by atoms with E-state index in [4.69, 9.17) is 11.6 Å². The van der Waals surface area contributed by atoms with Crippen LogP contribution in [0.1, 0.15) is 4.88 Å². The average molecular weight is 279 g/mol. The van der Waals surface area contributed by atoms with Crippen molar-refractivity contribution in [1.29, 1.82) is 0 Å². The van der Waals surface area contributed by atoms with Crippen LogP contribution in [0.2, 0.25) is 5.02 Å². The molecule has 1 unspecified atom stereocenters. The highest BCUT2D eigenvalue weighted by molar-refractivity contribution is 8.07. The zero-order chi connectivity index (χ0) is 10.7. The van der Waals surface area contributed by atoms with E-state index in [-0.39, 0.29) is 5.25 Å². The maximum atomic E-state index is 11.9. The Labute approximate surface area is 107 Å². The van der Waals surface area contributed by atoms with Crippen molar-refractivity contribution in [3.63, 3.8) is 0 Å². The van der Waals surface area contributed by atoms with Crippen LogP contribution in [-0.2, 0) is 11.2 Å². The Morgan fingerprint density at radius 2 is 2.40 bits per heavy atom. The second kappa shape index (κ2) is 5.62. The van der Waals surface area contributed by atoms with Crippen LogP contribution in [0.25, 0.3) is 0 Å². The minimum absolute atomic E-state index is 0.182. The lowest BCUT2D eigenvalue weighted by molar-refractivity contribution is -0.117. The van der Waals surface area contributed by atoms with E-state index in [1.165, 1.54) is 5.75 Å². The molecule has 1 fully saturated rings. The summed E-state index contributed by atoms with van der Waals surface area (Å²) in [4.78, 5) is 12.9. The van der Waals surface area contributed by atoms with Crippen molar-refractivity contribution < 1.29 is 4.79 Å². The number of carbonyl (C=O) groups excluding carboxylic acids is 1. The highest BCUT2D eigenvalue weighted by atomic mass is 35.5. The van der Waals surface area contributed by atoms with Crippen molar-refractivity contribution in [2.45, 2.75) is 11.7 Å². The first-order valence-corrected chi connectivity index (χ1v) is 8.17. The minimum Gasteiger partial charge on any atom is -0.298 e.